The first-order chi connectivity index (χ1) is 13.8. The van der Waals surface area contributed by atoms with Gasteiger partial charge in [-0.25, -0.2) is 9.18 Å². The molecule has 0 unspecified atom stereocenters. The standard InChI is InChI=1S/C21H21FN2O5/c1-13(21(27)24-17-8-6-16(7-9-17)23-14(2)25)29-20(26)11-5-15-4-10-19(28-3)18(22)12-15/h4-13H,1-3H3,(H,23,25)(H,24,27)/b11-5+/t13-/m1/s1. The number of carbonyl (C=O) groups is 3. The molecule has 0 heterocycles. The number of hydrogen-bond acceptors (Lipinski definition) is 5. The van der Waals surface area contributed by atoms with Gasteiger partial charge in [-0.15, -0.1) is 0 Å². The van der Waals surface area contributed by atoms with Crippen LogP contribution in [-0.4, -0.2) is 31.0 Å². The average molecular weight is 400 g/mol. The van der Waals surface area contributed by atoms with Crippen LogP contribution in [0.5, 0.6) is 5.75 Å². The summed E-state index contributed by atoms with van der Waals surface area (Å²) in [4.78, 5) is 35.0. The van der Waals surface area contributed by atoms with Crippen LogP contribution in [0.25, 0.3) is 6.08 Å². The minimum Gasteiger partial charge on any atom is -0.494 e. The minimum absolute atomic E-state index is 0.0973. The van der Waals surface area contributed by atoms with Crippen molar-refractivity contribution in [1.82, 2.24) is 0 Å². The minimum atomic E-state index is -1.05. The summed E-state index contributed by atoms with van der Waals surface area (Å²) < 4.78 is 23.5. The van der Waals surface area contributed by atoms with E-state index in [4.69, 9.17) is 9.47 Å². The zero-order valence-electron chi connectivity index (χ0n) is 16.2. The Balaban J connectivity index is 1.89. The molecule has 0 aliphatic rings. The highest BCUT2D eigenvalue weighted by atomic mass is 19.1. The van der Waals surface area contributed by atoms with Gasteiger partial charge < -0.3 is 20.1 Å². The summed E-state index contributed by atoms with van der Waals surface area (Å²) in [6, 6.07) is 10.7. The van der Waals surface area contributed by atoms with E-state index in [0.29, 0.717) is 16.9 Å². The molecule has 2 aromatic carbocycles. The summed E-state index contributed by atoms with van der Waals surface area (Å²) in [6.07, 6.45) is 1.43. The molecule has 7 nitrogen and oxygen atoms in total. The Morgan fingerprint density at radius 2 is 1.66 bits per heavy atom. The Kier molecular flexibility index (Phi) is 7.47. The van der Waals surface area contributed by atoms with Crippen LogP contribution in [0.1, 0.15) is 19.4 Å². The maximum Gasteiger partial charge on any atom is 0.331 e. The summed E-state index contributed by atoms with van der Waals surface area (Å²) in [7, 11) is 1.36. The number of benzene rings is 2. The molecule has 0 spiro atoms. The normalized spacial score (nSPS) is 11.6. The van der Waals surface area contributed by atoms with Gasteiger partial charge in [0.05, 0.1) is 7.11 Å². The SMILES string of the molecule is COc1ccc(/C=C/C(=O)O[C@H](C)C(=O)Nc2ccc(NC(C)=O)cc2)cc1F. The van der Waals surface area contributed by atoms with Crippen LogP contribution >= 0.6 is 0 Å². The lowest BCUT2D eigenvalue weighted by Crippen LogP contribution is -2.29. The second-order valence-corrected chi connectivity index (χ2v) is 6.05. The van der Waals surface area contributed by atoms with Gasteiger partial charge in [-0.2, -0.15) is 0 Å². The number of halogens is 1. The molecule has 0 aliphatic carbocycles. The molecule has 0 bridgehead atoms. The third kappa shape index (κ3) is 6.76. The molecule has 0 saturated carbocycles. The summed E-state index contributed by atoms with van der Waals surface area (Å²) in [5, 5.41) is 5.22. The summed E-state index contributed by atoms with van der Waals surface area (Å²) in [6.45, 7) is 2.82. The van der Waals surface area contributed by atoms with Crippen LogP contribution in [0.3, 0.4) is 0 Å². The van der Waals surface area contributed by atoms with Crippen molar-refractivity contribution in [3.05, 3.63) is 59.9 Å². The van der Waals surface area contributed by atoms with Crippen LogP contribution in [0.15, 0.2) is 48.5 Å². The largest absolute Gasteiger partial charge is 0.494 e. The molecule has 1 atom stereocenters. The van der Waals surface area contributed by atoms with E-state index >= 15 is 0 Å². The molecule has 8 heteroatoms. The molecule has 2 N–H and O–H groups in total. The van der Waals surface area contributed by atoms with Crippen molar-refractivity contribution in [1.29, 1.82) is 0 Å². The van der Waals surface area contributed by atoms with Crippen LogP contribution < -0.4 is 15.4 Å². The molecule has 2 aromatic rings. The monoisotopic (exact) mass is 400 g/mol. The first-order valence-corrected chi connectivity index (χ1v) is 8.69. The van der Waals surface area contributed by atoms with Crippen molar-refractivity contribution < 1.29 is 28.2 Å². The first kappa shape index (κ1) is 21.6. The Labute approximate surface area is 167 Å². The molecule has 29 heavy (non-hydrogen) atoms. The molecule has 0 radical (unpaired) electrons. The van der Waals surface area contributed by atoms with Crippen LogP contribution in [0, 0.1) is 5.82 Å². The lowest BCUT2D eigenvalue weighted by Gasteiger charge is -2.12. The lowest BCUT2D eigenvalue weighted by molar-refractivity contribution is -0.148. The zero-order chi connectivity index (χ0) is 21.4. The van der Waals surface area contributed by atoms with E-state index in [-0.39, 0.29) is 11.7 Å². The fourth-order valence-electron chi connectivity index (χ4n) is 2.30. The van der Waals surface area contributed by atoms with E-state index in [1.165, 1.54) is 39.2 Å². The number of anilines is 2. The van der Waals surface area contributed by atoms with Gasteiger partial charge in [-0.3, -0.25) is 9.59 Å². The zero-order valence-corrected chi connectivity index (χ0v) is 16.2. The highest BCUT2D eigenvalue weighted by Gasteiger charge is 2.16. The number of rotatable bonds is 7. The number of nitrogens with one attached hydrogen (secondary N) is 2. The predicted molar refractivity (Wildman–Crippen MR) is 107 cm³/mol. The summed E-state index contributed by atoms with van der Waals surface area (Å²) in [5.74, 6) is -1.92. The smallest absolute Gasteiger partial charge is 0.331 e. The maximum atomic E-state index is 13.6. The second-order valence-electron chi connectivity index (χ2n) is 6.05. The van der Waals surface area contributed by atoms with Crippen LogP contribution in [0.2, 0.25) is 0 Å². The van der Waals surface area contributed by atoms with Crippen LogP contribution in [-0.2, 0) is 19.1 Å². The van der Waals surface area contributed by atoms with Gasteiger partial charge in [0.1, 0.15) is 0 Å². The Morgan fingerprint density at radius 1 is 1.03 bits per heavy atom. The number of methoxy groups -OCH3 is 1. The molecule has 0 fully saturated rings. The van der Waals surface area contributed by atoms with Gasteiger partial charge in [-0.05, 0) is 55.0 Å². The van der Waals surface area contributed by atoms with Crippen molar-refractivity contribution in [3.63, 3.8) is 0 Å². The third-order valence-corrected chi connectivity index (χ3v) is 3.72. The fraction of sp³-hybridized carbons (Fsp3) is 0.190. The van der Waals surface area contributed by atoms with Crippen molar-refractivity contribution in [2.45, 2.75) is 20.0 Å². The number of hydrogen-bond donors (Lipinski definition) is 2. The molecular formula is C21H21FN2O5. The topological polar surface area (TPSA) is 93.7 Å². The van der Waals surface area contributed by atoms with Crippen LogP contribution in [0.4, 0.5) is 15.8 Å². The first-order valence-electron chi connectivity index (χ1n) is 8.69. The van der Waals surface area contributed by atoms with Gasteiger partial charge in [0, 0.05) is 24.4 Å². The summed E-state index contributed by atoms with van der Waals surface area (Å²) >= 11 is 0. The van der Waals surface area contributed by atoms with Gasteiger partial charge in [0.25, 0.3) is 5.91 Å². The Hall–Kier alpha value is -3.68. The van der Waals surface area contributed by atoms with Gasteiger partial charge >= 0.3 is 5.97 Å². The maximum absolute atomic E-state index is 13.6. The van der Waals surface area contributed by atoms with Crippen molar-refractivity contribution in [2.24, 2.45) is 0 Å². The van der Waals surface area contributed by atoms with Crippen molar-refractivity contribution >= 4 is 35.2 Å². The Bertz CT molecular complexity index is 925. The molecule has 0 saturated heterocycles. The molecular weight excluding hydrogens is 379 g/mol. The van der Waals surface area contributed by atoms with Gasteiger partial charge in [0.2, 0.25) is 5.91 Å². The molecule has 2 amide bonds. The van der Waals surface area contributed by atoms with E-state index in [1.54, 1.807) is 30.3 Å². The molecule has 0 aliphatic heterocycles. The molecule has 152 valence electrons. The van der Waals surface area contributed by atoms with E-state index in [1.807, 2.05) is 0 Å². The predicted octanol–water partition coefficient (Wildman–Crippen LogP) is 3.38. The van der Waals surface area contributed by atoms with E-state index < -0.39 is 23.8 Å². The van der Waals surface area contributed by atoms with E-state index in [0.717, 1.165) is 6.08 Å². The number of esters is 1. The number of ether oxygens (including phenoxy) is 2. The van der Waals surface area contributed by atoms with E-state index in [2.05, 4.69) is 10.6 Å². The Morgan fingerprint density at radius 3 is 2.21 bits per heavy atom. The van der Waals surface area contributed by atoms with Gasteiger partial charge in [0.15, 0.2) is 17.7 Å². The highest BCUT2D eigenvalue weighted by Crippen LogP contribution is 2.18. The van der Waals surface area contributed by atoms with Crippen molar-refractivity contribution in [2.75, 3.05) is 17.7 Å². The fourth-order valence-corrected chi connectivity index (χ4v) is 2.30. The van der Waals surface area contributed by atoms with E-state index in [9.17, 15) is 18.8 Å². The molecule has 0 aromatic heterocycles. The number of carbonyl (C=O) groups excluding carboxylic acids is 3. The lowest BCUT2D eigenvalue weighted by atomic mass is 10.2. The average Bonchev–Trinajstić information content (AvgIpc) is 2.67. The third-order valence-electron chi connectivity index (χ3n) is 3.72. The van der Waals surface area contributed by atoms with Crippen molar-refractivity contribution in [3.8, 4) is 5.75 Å². The molecule has 2 rings (SSSR count). The quantitative estimate of drug-likeness (QED) is 0.549. The second kappa shape index (κ2) is 10.0. The summed E-state index contributed by atoms with van der Waals surface area (Å²) in [5.41, 5.74) is 1.52. The highest BCUT2D eigenvalue weighted by molar-refractivity contribution is 5.97. The number of amides is 2. The van der Waals surface area contributed by atoms with Gasteiger partial charge in [-0.1, -0.05) is 6.07 Å².